The van der Waals surface area contributed by atoms with Crippen molar-refractivity contribution in [3.63, 3.8) is 0 Å². The van der Waals surface area contributed by atoms with E-state index in [2.05, 4.69) is 38.9 Å². The monoisotopic (exact) mass is 332 g/mol. The van der Waals surface area contributed by atoms with Crippen LogP contribution in [-0.4, -0.2) is 51.4 Å². The molecule has 0 aromatic carbocycles. The van der Waals surface area contributed by atoms with Gasteiger partial charge in [-0.1, -0.05) is 6.07 Å². The molecular weight excluding hydrogens is 308 g/mol. The molecule has 23 heavy (non-hydrogen) atoms. The molecule has 1 aliphatic rings. The van der Waals surface area contributed by atoms with Crippen molar-refractivity contribution in [2.45, 2.75) is 32.9 Å². The Morgan fingerprint density at radius 3 is 2.74 bits per heavy atom. The van der Waals surface area contributed by atoms with E-state index in [1.807, 2.05) is 18.0 Å². The highest BCUT2D eigenvalue weighted by Gasteiger charge is 2.23. The van der Waals surface area contributed by atoms with Gasteiger partial charge in [-0.15, -0.1) is 11.3 Å². The average molecular weight is 332 g/mol. The SMILES string of the molecule is Cc1nccn1C(C)CC(=O)N1CCN(Cc2cccs2)CC1. The minimum atomic E-state index is 0.161. The summed E-state index contributed by atoms with van der Waals surface area (Å²) >= 11 is 1.80. The van der Waals surface area contributed by atoms with Crippen LogP contribution in [0, 0.1) is 6.92 Å². The number of rotatable bonds is 5. The summed E-state index contributed by atoms with van der Waals surface area (Å²) in [6.45, 7) is 8.65. The number of aromatic nitrogens is 2. The number of amides is 1. The Morgan fingerprint density at radius 1 is 1.35 bits per heavy atom. The molecule has 2 aromatic heterocycles. The molecule has 1 fully saturated rings. The fourth-order valence-corrected chi connectivity index (χ4v) is 3.86. The van der Waals surface area contributed by atoms with E-state index in [-0.39, 0.29) is 11.9 Å². The van der Waals surface area contributed by atoms with Crippen LogP contribution < -0.4 is 0 Å². The molecule has 0 radical (unpaired) electrons. The predicted octanol–water partition coefficient (Wildman–Crippen LogP) is 2.55. The third-order valence-corrected chi connectivity index (χ3v) is 5.35. The zero-order valence-electron chi connectivity index (χ0n) is 13.8. The molecule has 0 spiro atoms. The molecule has 124 valence electrons. The van der Waals surface area contributed by atoms with Gasteiger partial charge in [0.25, 0.3) is 0 Å². The van der Waals surface area contributed by atoms with Crippen molar-refractivity contribution >= 4 is 17.2 Å². The van der Waals surface area contributed by atoms with Crippen LogP contribution in [-0.2, 0) is 11.3 Å². The first-order valence-electron chi connectivity index (χ1n) is 8.15. The lowest BCUT2D eigenvalue weighted by molar-refractivity contribution is -0.133. The summed E-state index contributed by atoms with van der Waals surface area (Å²) in [5.41, 5.74) is 0. The van der Waals surface area contributed by atoms with Gasteiger partial charge in [-0.3, -0.25) is 9.69 Å². The van der Waals surface area contributed by atoms with Crippen LogP contribution in [0.1, 0.15) is 30.1 Å². The van der Waals surface area contributed by atoms with Gasteiger partial charge in [-0.2, -0.15) is 0 Å². The molecular formula is C17H24N4OS. The topological polar surface area (TPSA) is 41.4 Å². The van der Waals surface area contributed by atoms with Gasteiger partial charge in [0, 0.05) is 62.5 Å². The molecule has 3 heterocycles. The first kappa shape index (κ1) is 16.2. The van der Waals surface area contributed by atoms with Gasteiger partial charge >= 0.3 is 0 Å². The Morgan fingerprint density at radius 2 is 2.13 bits per heavy atom. The van der Waals surface area contributed by atoms with Gasteiger partial charge in [0.1, 0.15) is 5.82 Å². The highest BCUT2D eigenvalue weighted by atomic mass is 32.1. The third-order valence-electron chi connectivity index (χ3n) is 4.49. The zero-order valence-corrected chi connectivity index (χ0v) is 14.6. The lowest BCUT2D eigenvalue weighted by Crippen LogP contribution is -2.48. The second-order valence-corrected chi connectivity index (χ2v) is 7.20. The van der Waals surface area contributed by atoms with Crippen LogP contribution >= 0.6 is 11.3 Å². The molecule has 1 aliphatic heterocycles. The molecule has 1 atom stereocenters. The minimum absolute atomic E-state index is 0.161. The van der Waals surface area contributed by atoms with Crippen molar-refractivity contribution in [2.24, 2.45) is 0 Å². The standard InChI is InChI=1S/C17H24N4OS/c1-14(21-6-5-18-15(21)2)12-17(22)20-9-7-19(8-10-20)13-16-4-3-11-23-16/h3-6,11,14H,7-10,12-13H2,1-2H3. The van der Waals surface area contributed by atoms with E-state index in [0.29, 0.717) is 6.42 Å². The molecule has 3 rings (SSSR count). The lowest BCUT2D eigenvalue weighted by Gasteiger charge is -2.35. The van der Waals surface area contributed by atoms with Crippen molar-refractivity contribution in [2.75, 3.05) is 26.2 Å². The normalized spacial score (nSPS) is 17.4. The average Bonchev–Trinajstić information content (AvgIpc) is 3.19. The van der Waals surface area contributed by atoms with E-state index in [9.17, 15) is 4.79 Å². The van der Waals surface area contributed by atoms with Crippen LogP contribution in [0.4, 0.5) is 0 Å². The first-order chi connectivity index (χ1) is 11.1. The van der Waals surface area contributed by atoms with Crippen LogP contribution in [0.3, 0.4) is 0 Å². The predicted molar refractivity (Wildman–Crippen MR) is 92.5 cm³/mol. The number of imidazole rings is 1. The summed E-state index contributed by atoms with van der Waals surface area (Å²) in [4.78, 5) is 22.6. The molecule has 5 nitrogen and oxygen atoms in total. The summed E-state index contributed by atoms with van der Waals surface area (Å²) in [7, 11) is 0. The van der Waals surface area contributed by atoms with Crippen LogP contribution in [0.25, 0.3) is 0 Å². The maximum atomic E-state index is 12.5. The maximum absolute atomic E-state index is 12.5. The van der Waals surface area contributed by atoms with E-state index in [1.165, 1.54) is 4.88 Å². The van der Waals surface area contributed by atoms with Crippen molar-refractivity contribution in [1.29, 1.82) is 0 Å². The molecule has 1 saturated heterocycles. The number of aryl methyl sites for hydroxylation is 1. The van der Waals surface area contributed by atoms with E-state index < -0.39 is 0 Å². The Hall–Kier alpha value is -1.66. The molecule has 0 N–H and O–H groups in total. The summed E-state index contributed by atoms with van der Waals surface area (Å²) < 4.78 is 2.07. The number of thiophene rings is 1. The minimum Gasteiger partial charge on any atom is -0.340 e. The highest BCUT2D eigenvalue weighted by Crippen LogP contribution is 2.17. The van der Waals surface area contributed by atoms with E-state index in [1.54, 1.807) is 17.5 Å². The number of carbonyl (C=O) groups is 1. The van der Waals surface area contributed by atoms with Crippen molar-refractivity contribution in [1.82, 2.24) is 19.4 Å². The van der Waals surface area contributed by atoms with Crippen molar-refractivity contribution in [3.8, 4) is 0 Å². The maximum Gasteiger partial charge on any atom is 0.224 e. The summed E-state index contributed by atoms with van der Waals surface area (Å²) in [6, 6.07) is 4.44. The number of piperazine rings is 1. The zero-order chi connectivity index (χ0) is 16.2. The largest absolute Gasteiger partial charge is 0.340 e. The number of hydrogen-bond donors (Lipinski definition) is 0. The number of hydrogen-bond acceptors (Lipinski definition) is 4. The highest BCUT2D eigenvalue weighted by molar-refractivity contribution is 7.09. The second kappa shape index (κ2) is 7.27. The van der Waals surface area contributed by atoms with Crippen LogP contribution in [0.15, 0.2) is 29.9 Å². The molecule has 1 amide bonds. The van der Waals surface area contributed by atoms with E-state index in [4.69, 9.17) is 0 Å². The van der Waals surface area contributed by atoms with Gasteiger partial charge in [-0.25, -0.2) is 4.98 Å². The number of carbonyl (C=O) groups excluding carboxylic acids is 1. The Kier molecular flexibility index (Phi) is 5.13. The smallest absolute Gasteiger partial charge is 0.224 e. The molecule has 0 saturated carbocycles. The number of nitrogens with zero attached hydrogens (tertiary/aromatic N) is 4. The fourth-order valence-electron chi connectivity index (χ4n) is 3.11. The van der Waals surface area contributed by atoms with E-state index >= 15 is 0 Å². The quantitative estimate of drug-likeness (QED) is 0.845. The summed E-state index contributed by atoms with van der Waals surface area (Å²) in [6.07, 6.45) is 4.29. The third kappa shape index (κ3) is 4.00. The van der Waals surface area contributed by atoms with Crippen molar-refractivity contribution < 1.29 is 4.79 Å². The van der Waals surface area contributed by atoms with Gasteiger partial charge in [0.05, 0.1) is 0 Å². The molecule has 0 aliphatic carbocycles. The van der Waals surface area contributed by atoms with Gasteiger partial charge in [0.15, 0.2) is 0 Å². The van der Waals surface area contributed by atoms with Gasteiger partial charge < -0.3 is 9.47 Å². The fraction of sp³-hybridized carbons (Fsp3) is 0.529. The lowest BCUT2D eigenvalue weighted by atomic mass is 10.2. The summed E-state index contributed by atoms with van der Waals surface area (Å²) in [5.74, 6) is 1.22. The first-order valence-corrected chi connectivity index (χ1v) is 9.03. The van der Waals surface area contributed by atoms with Gasteiger partial charge in [0.2, 0.25) is 5.91 Å². The van der Waals surface area contributed by atoms with E-state index in [0.717, 1.165) is 38.5 Å². The van der Waals surface area contributed by atoms with Crippen LogP contribution in [0.5, 0.6) is 0 Å². The Labute approximate surface area is 141 Å². The molecule has 1 unspecified atom stereocenters. The second-order valence-electron chi connectivity index (χ2n) is 6.17. The summed E-state index contributed by atoms with van der Waals surface area (Å²) in [5, 5.41) is 2.12. The van der Waals surface area contributed by atoms with Crippen molar-refractivity contribution in [3.05, 3.63) is 40.6 Å². The molecule has 6 heteroatoms. The Balaban J connectivity index is 1.47. The van der Waals surface area contributed by atoms with Gasteiger partial charge in [-0.05, 0) is 25.3 Å². The van der Waals surface area contributed by atoms with Crippen LogP contribution in [0.2, 0.25) is 0 Å². The molecule has 0 bridgehead atoms. The molecule has 2 aromatic rings. The Bertz CT molecular complexity index is 629.